The highest BCUT2D eigenvalue weighted by molar-refractivity contribution is 5.94. The lowest BCUT2D eigenvalue weighted by Gasteiger charge is -2.34. The molecule has 7 nitrogen and oxygen atoms in total. The van der Waals surface area contributed by atoms with E-state index in [9.17, 15) is 23.5 Å². The summed E-state index contributed by atoms with van der Waals surface area (Å²) in [4.78, 5) is 31.6. The lowest BCUT2D eigenvalue weighted by molar-refractivity contribution is 0.0695. The molecule has 0 aliphatic carbocycles. The molecule has 0 atom stereocenters. The van der Waals surface area contributed by atoms with Gasteiger partial charge >= 0.3 is 5.97 Å². The molecule has 0 unspecified atom stereocenters. The third-order valence-electron chi connectivity index (χ3n) is 5.17. The number of likely N-dealkylation sites (N-methyl/N-ethyl adjacent to an activating group) is 1. The molecule has 0 saturated carbocycles. The number of nitrogens with zero attached hydrogens (tertiary/aromatic N) is 4. The Balaban J connectivity index is 2.04. The first kappa shape index (κ1) is 19.9. The second-order valence-electron chi connectivity index (χ2n) is 7.09. The van der Waals surface area contributed by atoms with Gasteiger partial charge in [0.25, 0.3) is 0 Å². The number of halogens is 3. The van der Waals surface area contributed by atoms with Gasteiger partial charge in [-0.05, 0) is 25.2 Å². The van der Waals surface area contributed by atoms with Gasteiger partial charge in [0.2, 0.25) is 5.43 Å². The fourth-order valence-electron chi connectivity index (χ4n) is 3.57. The number of anilines is 1. The minimum atomic E-state index is -1.55. The third-order valence-corrected chi connectivity index (χ3v) is 5.17. The summed E-state index contributed by atoms with van der Waals surface area (Å²) >= 11 is 0. The van der Waals surface area contributed by atoms with Crippen molar-refractivity contribution in [2.75, 3.05) is 38.1 Å². The van der Waals surface area contributed by atoms with Gasteiger partial charge in [-0.2, -0.15) is 0 Å². The van der Waals surface area contributed by atoms with Gasteiger partial charge in [0, 0.05) is 32.4 Å². The zero-order valence-electron chi connectivity index (χ0n) is 15.9. The van der Waals surface area contributed by atoms with E-state index < -0.39 is 39.8 Å². The first-order chi connectivity index (χ1) is 14.3. The molecule has 1 saturated heterocycles. The van der Waals surface area contributed by atoms with Crippen LogP contribution in [0, 0.1) is 17.5 Å². The third kappa shape index (κ3) is 3.28. The van der Waals surface area contributed by atoms with E-state index in [1.165, 1.54) is 6.07 Å². The summed E-state index contributed by atoms with van der Waals surface area (Å²) in [6, 6.07) is 3.12. The molecule has 0 amide bonds. The molecule has 1 aliphatic rings. The van der Waals surface area contributed by atoms with Crippen LogP contribution in [-0.2, 0) is 0 Å². The van der Waals surface area contributed by atoms with Crippen LogP contribution >= 0.6 is 0 Å². The van der Waals surface area contributed by atoms with Gasteiger partial charge < -0.3 is 14.9 Å². The van der Waals surface area contributed by atoms with Crippen LogP contribution in [0.3, 0.4) is 0 Å². The van der Waals surface area contributed by atoms with E-state index in [2.05, 4.69) is 4.98 Å². The van der Waals surface area contributed by atoms with E-state index in [4.69, 9.17) is 0 Å². The number of piperazine rings is 1. The summed E-state index contributed by atoms with van der Waals surface area (Å²) in [5, 5.41) is 8.93. The summed E-state index contributed by atoms with van der Waals surface area (Å²) < 4.78 is 44.9. The molecule has 1 aromatic carbocycles. The quantitative estimate of drug-likeness (QED) is 0.703. The number of hydrogen-bond donors (Lipinski definition) is 1. The lowest BCUT2D eigenvalue weighted by Crippen LogP contribution is -2.45. The predicted molar refractivity (Wildman–Crippen MR) is 104 cm³/mol. The van der Waals surface area contributed by atoms with Gasteiger partial charge in [-0.1, -0.05) is 0 Å². The second kappa shape index (κ2) is 7.45. The SMILES string of the molecule is CN1CCN(c2c(F)cc3c(=O)c(C(=O)O)cn(-c4ccc(F)cn4)c3c2F)CC1. The Morgan fingerprint density at radius 1 is 1.13 bits per heavy atom. The molecule has 3 heterocycles. The van der Waals surface area contributed by atoms with Crippen molar-refractivity contribution >= 4 is 22.6 Å². The van der Waals surface area contributed by atoms with Crippen molar-refractivity contribution in [2.45, 2.75) is 0 Å². The Morgan fingerprint density at radius 3 is 2.43 bits per heavy atom. The zero-order chi connectivity index (χ0) is 21.6. The Morgan fingerprint density at radius 2 is 1.83 bits per heavy atom. The average Bonchev–Trinajstić information content (AvgIpc) is 2.70. The van der Waals surface area contributed by atoms with Crippen LogP contribution in [-0.4, -0.2) is 58.8 Å². The molecule has 1 fully saturated rings. The summed E-state index contributed by atoms with van der Waals surface area (Å²) in [5.74, 6) is -4.18. The largest absolute Gasteiger partial charge is 0.477 e. The number of carboxylic acids is 1. The van der Waals surface area contributed by atoms with E-state index in [0.29, 0.717) is 26.2 Å². The molecule has 0 spiro atoms. The normalized spacial score (nSPS) is 15.0. The lowest BCUT2D eigenvalue weighted by atomic mass is 10.1. The number of hydrogen-bond acceptors (Lipinski definition) is 5. The maximum Gasteiger partial charge on any atom is 0.341 e. The van der Waals surface area contributed by atoms with Gasteiger partial charge in [-0.25, -0.2) is 22.9 Å². The van der Waals surface area contributed by atoms with E-state index in [0.717, 1.165) is 29.1 Å². The molecular weight excluding hydrogens is 401 g/mol. The minimum Gasteiger partial charge on any atom is -0.477 e. The van der Waals surface area contributed by atoms with Gasteiger partial charge in [0.1, 0.15) is 28.7 Å². The summed E-state index contributed by atoms with van der Waals surface area (Å²) in [5.41, 5.74) is -2.31. The number of rotatable bonds is 3. The number of benzene rings is 1. The van der Waals surface area contributed by atoms with Crippen molar-refractivity contribution in [1.29, 1.82) is 0 Å². The molecule has 4 rings (SSSR count). The molecule has 156 valence electrons. The van der Waals surface area contributed by atoms with E-state index in [1.807, 2.05) is 11.9 Å². The fraction of sp³-hybridized carbons (Fsp3) is 0.250. The second-order valence-corrected chi connectivity index (χ2v) is 7.09. The maximum atomic E-state index is 15.6. The van der Waals surface area contributed by atoms with Crippen LogP contribution in [0.25, 0.3) is 16.7 Å². The zero-order valence-corrected chi connectivity index (χ0v) is 15.9. The first-order valence-electron chi connectivity index (χ1n) is 9.14. The van der Waals surface area contributed by atoms with Crippen LogP contribution in [0.5, 0.6) is 0 Å². The number of aromatic carboxylic acids is 1. The predicted octanol–water partition coefficient (Wildman–Crippen LogP) is 2.25. The Kier molecular flexibility index (Phi) is 4.94. The van der Waals surface area contributed by atoms with Gasteiger partial charge in [0.05, 0.1) is 17.1 Å². The number of carbonyl (C=O) groups is 1. The highest BCUT2D eigenvalue weighted by Crippen LogP contribution is 2.31. The van der Waals surface area contributed by atoms with Gasteiger partial charge in [0.15, 0.2) is 5.82 Å². The number of carboxylic acid groups (broad SMARTS) is 1. The van der Waals surface area contributed by atoms with E-state index >= 15 is 4.39 Å². The highest BCUT2D eigenvalue weighted by Gasteiger charge is 2.27. The average molecular weight is 418 g/mol. The van der Waals surface area contributed by atoms with Crippen molar-refractivity contribution in [1.82, 2.24) is 14.5 Å². The van der Waals surface area contributed by atoms with Crippen molar-refractivity contribution < 1.29 is 23.1 Å². The Hall–Kier alpha value is -3.40. The van der Waals surface area contributed by atoms with Crippen LogP contribution in [0.4, 0.5) is 18.9 Å². The van der Waals surface area contributed by atoms with E-state index in [-0.39, 0.29) is 17.0 Å². The molecule has 2 aromatic heterocycles. The smallest absolute Gasteiger partial charge is 0.341 e. The van der Waals surface area contributed by atoms with Crippen LogP contribution < -0.4 is 10.3 Å². The summed E-state index contributed by atoms with van der Waals surface area (Å²) in [6.45, 7) is 1.95. The van der Waals surface area contributed by atoms with Crippen LogP contribution in [0.2, 0.25) is 0 Å². The first-order valence-corrected chi connectivity index (χ1v) is 9.14. The Labute approximate surface area is 168 Å². The number of fused-ring (bicyclic) bond motifs is 1. The molecule has 0 bridgehead atoms. The van der Waals surface area contributed by atoms with Crippen LogP contribution in [0.1, 0.15) is 10.4 Å². The van der Waals surface area contributed by atoms with Crippen LogP contribution in [0.15, 0.2) is 35.4 Å². The standard InChI is InChI=1S/C20H17F3N4O3/c1-25-4-6-26(7-5-25)18-14(22)8-12-17(16(18)23)27(10-13(19(12)28)20(29)30)15-3-2-11(21)9-24-15/h2-3,8-10H,4-7H2,1H3,(H,29,30). The molecule has 1 aliphatic heterocycles. The van der Waals surface area contributed by atoms with Crippen molar-refractivity contribution in [3.05, 3.63) is 63.8 Å². The molecular formula is C20H17F3N4O3. The van der Waals surface area contributed by atoms with Crippen molar-refractivity contribution in [3.8, 4) is 5.82 Å². The molecule has 10 heteroatoms. The van der Waals surface area contributed by atoms with Crippen molar-refractivity contribution in [2.24, 2.45) is 0 Å². The molecule has 30 heavy (non-hydrogen) atoms. The van der Waals surface area contributed by atoms with Gasteiger partial charge in [-0.3, -0.25) is 9.36 Å². The Bertz CT molecular complexity index is 1200. The highest BCUT2D eigenvalue weighted by atomic mass is 19.1. The topological polar surface area (TPSA) is 78.7 Å². The minimum absolute atomic E-state index is 0.0151. The monoisotopic (exact) mass is 418 g/mol. The van der Waals surface area contributed by atoms with Crippen molar-refractivity contribution in [3.63, 3.8) is 0 Å². The molecule has 0 radical (unpaired) electrons. The van der Waals surface area contributed by atoms with E-state index in [1.54, 1.807) is 4.90 Å². The van der Waals surface area contributed by atoms with Gasteiger partial charge in [-0.15, -0.1) is 0 Å². The molecule has 3 aromatic rings. The molecule has 1 N–H and O–H groups in total. The number of pyridine rings is 2. The fourth-order valence-corrected chi connectivity index (χ4v) is 3.57. The summed E-state index contributed by atoms with van der Waals surface area (Å²) in [7, 11) is 1.90. The maximum absolute atomic E-state index is 15.6. The summed E-state index contributed by atoms with van der Waals surface area (Å²) in [6.07, 6.45) is 1.80. The number of aromatic nitrogens is 2.